The lowest BCUT2D eigenvalue weighted by molar-refractivity contribution is 0.613. The number of thioether (sulfide) groups is 1. The van der Waals surface area contributed by atoms with Crippen LogP contribution < -0.4 is 10.6 Å². The van der Waals surface area contributed by atoms with E-state index in [1.807, 2.05) is 31.2 Å². The number of rotatable bonds is 7. The highest BCUT2D eigenvalue weighted by Gasteiger charge is 2.08. The summed E-state index contributed by atoms with van der Waals surface area (Å²) in [4.78, 5) is 9.61. The lowest BCUT2D eigenvalue weighted by Crippen LogP contribution is -2.37. The zero-order valence-corrected chi connectivity index (χ0v) is 16.8. The number of guanidine groups is 1. The Morgan fingerprint density at radius 1 is 1.18 bits per heavy atom. The molecule has 0 atom stereocenters. The number of hydrogen-bond acceptors (Lipinski definition) is 3. The Hall–Kier alpha value is -2.80. The van der Waals surface area contributed by atoms with E-state index < -0.39 is 0 Å². The third-order valence-corrected chi connectivity index (χ3v) is 5.20. The second-order valence-corrected chi connectivity index (χ2v) is 7.31. The molecule has 2 N–H and O–H groups in total. The fourth-order valence-corrected chi connectivity index (χ4v) is 3.54. The molecule has 0 aliphatic carbocycles. The fraction of sp³-hybridized carbons (Fsp3) is 0.238. The summed E-state index contributed by atoms with van der Waals surface area (Å²) in [5, 5.41) is 6.50. The smallest absolute Gasteiger partial charge is 0.191 e. The molecule has 28 heavy (non-hydrogen) atoms. The average Bonchev–Trinajstić information content (AvgIpc) is 3.14. The van der Waals surface area contributed by atoms with Gasteiger partial charge < -0.3 is 15.2 Å². The zero-order chi connectivity index (χ0) is 19.8. The summed E-state index contributed by atoms with van der Waals surface area (Å²) >= 11 is 1.79. The first-order valence-electron chi connectivity index (χ1n) is 9.08. The molecule has 7 heteroatoms. The van der Waals surface area contributed by atoms with Crippen molar-refractivity contribution in [3.63, 3.8) is 0 Å². The number of hydrogen-bond donors (Lipinski definition) is 2. The number of halogens is 1. The van der Waals surface area contributed by atoms with Crippen molar-refractivity contribution in [2.75, 3.05) is 19.3 Å². The molecular weight excluding hydrogens is 373 g/mol. The highest BCUT2D eigenvalue weighted by molar-refractivity contribution is 7.99. The number of imidazole rings is 1. The van der Waals surface area contributed by atoms with Gasteiger partial charge in [-0.3, -0.25) is 4.99 Å². The summed E-state index contributed by atoms with van der Waals surface area (Å²) in [7, 11) is 1.73. The number of nitrogens with one attached hydrogen (secondary N) is 2. The highest BCUT2D eigenvalue weighted by Crippen LogP contribution is 2.17. The van der Waals surface area contributed by atoms with Crippen LogP contribution in [0.25, 0.3) is 5.69 Å². The normalized spacial score (nSPS) is 11.5. The van der Waals surface area contributed by atoms with Gasteiger partial charge in [-0.25, -0.2) is 9.37 Å². The first-order valence-corrected chi connectivity index (χ1v) is 10.1. The van der Waals surface area contributed by atoms with Crippen molar-refractivity contribution in [3.8, 4) is 5.69 Å². The van der Waals surface area contributed by atoms with Crippen molar-refractivity contribution in [1.82, 2.24) is 20.2 Å². The van der Waals surface area contributed by atoms with Crippen LogP contribution >= 0.6 is 11.8 Å². The Morgan fingerprint density at radius 2 is 2.00 bits per heavy atom. The Balaban J connectivity index is 1.48. The Kier molecular flexibility index (Phi) is 7.08. The molecule has 1 aromatic heterocycles. The van der Waals surface area contributed by atoms with Crippen LogP contribution in [-0.4, -0.2) is 34.9 Å². The van der Waals surface area contributed by atoms with Crippen molar-refractivity contribution in [2.45, 2.75) is 18.4 Å². The van der Waals surface area contributed by atoms with Gasteiger partial charge in [0.25, 0.3) is 0 Å². The molecule has 0 saturated heterocycles. The van der Waals surface area contributed by atoms with Gasteiger partial charge in [-0.15, -0.1) is 11.8 Å². The van der Waals surface area contributed by atoms with Crippen LogP contribution in [0.2, 0.25) is 0 Å². The van der Waals surface area contributed by atoms with Crippen LogP contribution in [0.5, 0.6) is 0 Å². The quantitative estimate of drug-likeness (QED) is 0.276. The number of aryl methyl sites for hydroxylation is 1. The lowest BCUT2D eigenvalue weighted by atomic mass is 10.2. The first-order chi connectivity index (χ1) is 13.7. The van der Waals surface area contributed by atoms with Gasteiger partial charge in [0.1, 0.15) is 11.6 Å². The van der Waals surface area contributed by atoms with E-state index in [0.29, 0.717) is 18.2 Å². The van der Waals surface area contributed by atoms with Crippen molar-refractivity contribution >= 4 is 17.7 Å². The van der Waals surface area contributed by atoms with Gasteiger partial charge in [-0.05, 0) is 36.8 Å². The zero-order valence-electron chi connectivity index (χ0n) is 16.0. The van der Waals surface area contributed by atoms with E-state index in [1.54, 1.807) is 47.9 Å². The predicted octanol–water partition coefficient (Wildman–Crippen LogP) is 3.78. The van der Waals surface area contributed by atoms with E-state index in [2.05, 4.69) is 32.7 Å². The first kappa shape index (κ1) is 19.9. The molecule has 0 aliphatic heterocycles. The molecule has 3 aromatic rings. The maximum Gasteiger partial charge on any atom is 0.191 e. The second kappa shape index (κ2) is 9.94. The highest BCUT2D eigenvalue weighted by atomic mass is 32.2. The van der Waals surface area contributed by atoms with E-state index in [-0.39, 0.29) is 5.82 Å². The molecule has 0 amide bonds. The molecule has 0 spiro atoms. The third-order valence-electron chi connectivity index (χ3n) is 4.19. The predicted molar refractivity (Wildman–Crippen MR) is 114 cm³/mol. The van der Waals surface area contributed by atoms with Gasteiger partial charge in [0.15, 0.2) is 5.96 Å². The van der Waals surface area contributed by atoms with Crippen LogP contribution in [0.3, 0.4) is 0 Å². The van der Waals surface area contributed by atoms with Crippen molar-refractivity contribution < 1.29 is 4.39 Å². The topological polar surface area (TPSA) is 54.2 Å². The van der Waals surface area contributed by atoms with E-state index in [4.69, 9.17) is 0 Å². The molecule has 0 fully saturated rings. The average molecular weight is 398 g/mol. The molecule has 0 saturated carbocycles. The summed E-state index contributed by atoms with van der Waals surface area (Å²) < 4.78 is 16.2. The molecular formula is C21H24FN5S. The molecule has 1 heterocycles. The second-order valence-electron chi connectivity index (χ2n) is 6.14. The minimum Gasteiger partial charge on any atom is -0.356 e. The standard InChI is InChI=1S/C21H24FN5S/c1-16-24-10-12-27(16)20-9-8-17(14-19(20)22)15-26-21(23-2)25-11-13-28-18-6-4-3-5-7-18/h3-10,12,14H,11,13,15H2,1-2H3,(H2,23,25,26). The molecule has 3 rings (SSSR count). The van der Waals surface area contributed by atoms with Gasteiger partial charge in [-0.2, -0.15) is 0 Å². The van der Waals surface area contributed by atoms with Crippen molar-refractivity contribution in [2.24, 2.45) is 4.99 Å². The molecule has 146 valence electrons. The summed E-state index contributed by atoms with van der Waals surface area (Å²) in [6.07, 6.45) is 3.42. The summed E-state index contributed by atoms with van der Waals surface area (Å²) in [5.74, 6) is 2.10. The SMILES string of the molecule is CN=C(NCCSc1ccccc1)NCc1ccc(-n2ccnc2C)c(F)c1. The summed E-state index contributed by atoms with van der Waals surface area (Å²) in [6, 6.07) is 15.5. The van der Waals surface area contributed by atoms with Crippen molar-refractivity contribution in [3.05, 3.63) is 78.1 Å². The lowest BCUT2D eigenvalue weighted by Gasteiger charge is -2.13. The van der Waals surface area contributed by atoms with Crippen LogP contribution in [0.4, 0.5) is 4.39 Å². The summed E-state index contributed by atoms with van der Waals surface area (Å²) in [5.41, 5.74) is 1.35. The van der Waals surface area contributed by atoms with Crippen LogP contribution in [0.15, 0.2) is 70.8 Å². The van der Waals surface area contributed by atoms with E-state index in [0.717, 1.165) is 23.7 Å². The number of nitrogens with zero attached hydrogens (tertiary/aromatic N) is 3. The van der Waals surface area contributed by atoms with Crippen LogP contribution in [-0.2, 0) is 6.54 Å². The van der Waals surface area contributed by atoms with Gasteiger partial charge in [0, 0.05) is 43.2 Å². The maximum absolute atomic E-state index is 14.5. The van der Waals surface area contributed by atoms with Crippen LogP contribution in [0, 0.1) is 12.7 Å². The largest absolute Gasteiger partial charge is 0.356 e. The van der Waals surface area contributed by atoms with Gasteiger partial charge in [0.2, 0.25) is 0 Å². The van der Waals surface area contributed by atoms with Gasteiger partial charge in [-0.1, -0.05) is 24.3 Å². The third kappa shape index (κ3) is 5.36. The van der Waals surface area contributed by atoms with E-state index in [9.17, 15) is 4.39 Å². The summed E-state index contributed by atoms with van der Waals surface area (Å²) in [6.45, 7) is 3.12. The van der Waals surface area contributed by atoms with Gasteiger partial charge >= 0.3 is 0 Å². The Morgan fingerprint density at radius 3 is 2.68 bits per heavy atom. The van der Waals surface area contributed by atoms with Crippen LogP contribution in [0.1, 0.15) is 11.4 Å². The maximum atomic E-state index is 14.5. The fourth-order valence-electron chi connectivity index (χ4n) is 2.75. The Labute approximate surface area is 169 Å². The molecule has 0 bridgehead atoms. The molecule has 0 aliphatic rings. The Bertz CT molecular complexity index is 924. The van der Waals surface area contributed by atoms with E-state index >= 15 is 0 Å². The molecule has 2 aromatic carbocycles. The number of aliphatic imine (C=N–C) groups is 1. The monoisotopic (exact) mass is 397 g/mol. The number of aromatic nitrogens is 2. The minimum absolute atomic E-state index is 0.275. The molecule has 5 nitrogen and oxygen atoms in total. The van der Waals surface area contributed by atoms with Crippen molar-refractivity contribution in [1.29, 1.82) is 0 Å². The van der Waals surface area contributed by atoms with Gasteiger partial charge in [0.05, 0.1) is 5.69 Å². The molecule has 0 radical (unpaired) electrons. The number of benzene rings is 2. The molecule has 0 unspecified atom stereocenters. The minimum atomic E-state index is -0.275. The van der Waals surface area contributed by atoms with E-state index in [1.165, 1.54) is 4.90 Å².